The van der Waals surface area contributed by atoms with Crippen LogP contribution in [-0.4, -0.2) is 10.8 Å². The molecule has 2 aromatic heterocycles. The van der Waals surface area contributed by atoms with Gasteiger partial charge < -0.3 is 0 Å². The molecule has 0 atom stereocenters. The molecule has 0 N–H and O–H groups in total. The minimum Gasteiger partial charge on any atom is -0.293 e. The van der Waals surface area contributed by atoms with Gasteiger partial charge in [-0.05, 0) is 43.2 Å². The third-order valence-corrected chi connectivity index (χ3v) is 3.45. The van der Waals surface area contributed by atoms with Crippen LogP contribution in [0.15, 0.2) is 36.7 Å². The van der Waals surface area contributed by atoms with Crippen molar-refractivity contribution in [1.29, 1.82) is 0 Å². The summed E-state index contributed by atoms with van der Waals surface area (Å²) in [6.45, 7) is 2.02. The van der Waals surface area contributed by atoms with E-state index >= 15 is 0 Å². The predicted molar refractivity (Wildman–Crippen MR) is 65.9 cm³/mol. The molecule has 3 heteroatoms. The zero-order chi connectivity index (χ0) is 11.4. The van der Waals surface area contributed by atoms with Gasteiger partial charge in [0.2, 0.25) is 0 Å². The Hall–Kier alpha value is -1.48. The molecule has 0 aromatic carbocycles. The Morgan fingerprint density at radius 1 is 1.25 bits per heavy atom. The van der Waals surface area contributed by atoms with Crippen LogP contribution in [-0.2, 0) is 6.42 Å². The van der Waals surface area contributed by atoms with E-state index in [4.69, 9.17) is 0 Å². The fourth-order valence-electron chi connectivity index (χ4n) is 1.51. The van der Waals surface area contributed by atoms with Crippen molar-refractivity contribution in [2.75, 3.05) is 0 Å². The van der Waals surface area contributed by atoms with Crippen molar-refractivity contribution in [2.24, 2.45) is 0 Å². The molecule has 0 amide bonds. The largest absolute Gasteiger partial charge is 0.293 e. The van der Waals surface area contributed by atoms with Gasteiger partial charge in [-0.2, -0.15) is 0 Å². The van der Waals surface area contributed by atoms with E-state index in [1.54, 1.807) is 23.7 Å². The minimum atomic E-state index is 0.231. The number of hydrogen-bond donors (Lipinski definition) is 0. The summed E-state index contributed by atoms with van der Waals surface area (Å²) in [4.78, 5) is 17.8. The summed E-state index contributed by atoms with van der Waals surface area (Å²) in [5, 5.41) is 0. The molecule has 82 valence electrons. The SMILES string of the molecule is Cc1ccc(C(=O)CCc2ccncc2)s1. The molecule has 0 saturated heterocycles. The van der Waals surface area contributed by atoms with Gasteiger partial charge in [0.05, 0.1) is 4.88 Å². The third kappa shape index (κ3) is 2.76. The van der Waals surface area contributed by atoms with E-state index in [0.29, 0.717) is 6.42 Å². The third-order valence-electron chi connectivity index (χ3n) is 2.41. The maximum atomic E-state index is 11.8. The summed E-state index contributed by atoms with van der Waals surface area (Å²) >= 11 is 1.57. The summed E-state index contributed by atoms with van der Waals surface area (Å²) < 4.78 is 0. The zero-order valence-electron chi connectivity index (χ0n) is 9.14. The number of Topliss-reactive ketones (excluding diaryl/α,β-unsaturated/α-hetero) is 1. The van der Waals surface area contributed by atoms with Crippen LogP contribution in [0.4, 0.5) is 0 Å². The molecular formula is C13H13NOS. The lowest BCUT2D eigenvalue weighted by molar-refractivity contribution is 0.0986. The summed E-state index contributed by atoms with van der Waals surface area (Å²) in [6.07, 6.45) is 4.88. The van der Waals surface area contributed by atoms with Crippen LogP contribution in [0.1, 0.15) is 26.5 Å². The number of carbonyl (C=O) groups excluding carboxylic acids is 1. The fourth-order valence-corrected chi connectivity index (χ4v) is 2.35. The Morgan fingerprint density at radius 3 is 2.62 bits per heavy atom. The first kappa shape index (κ1) is 11.0. The Kier molecular flexibility index (Phi) is 3.47. The topological polar surface area (TPSA) is 30.0 Å². The number of aromatic nitrogens is 1. The van der Waals surface area contributed by atoms with E-state index in [2.05, 4.69) is 4.98 Å². The highest BCUT2D eigenvalue weighted by molar-refractivity contribution is 7.14. The van der Waals surface area contributed by atoms with Gasteiger partial charge >= 0.3 is 0 Å². The van der Waals surface area contributed by atoms with E-state index in [1.807, 2.05) is 31.2 Å². The van der Waals surface area contributed by atoms with Crippen LogP contribution >= 0.6 is 11.3 Å². The second kappa shape index (κ2) is 5.03. The number of ketones is 1. The molecule has 2 nitrogen and oxygen atoms in total. The molecule has 0 aliphatic carbocycles. The molecular weight excluding hydrogens is 218 g/mol. The number of hydrogen-bond acceptors (Lipinski definition) is 3. The second-order valence-corrected chi connectivity index (χ2v) is 4.98. The average Bonchev–Trinajstić information content (AvgIpc) is 2.74. The Bertz CT molecular complexity index is 476. The molecule has 2 heterocycles. The van der Waals surface area contributed by atoms with Crippen LogP contribution in [0.25, 0.3) is 0 Å². The van der Waals surface area contributed by atoms with E-state index in [9.17, 15) is 4.79 Å². The van der Waals surface area contributed by atoms with Gasteiger partial charge in [-0.3, -0.25) is 9.78 Å². The second-order valence-electron chi connectivity index (χ2n) is 3.69. The van der Waals surface area contributed by atoms with E-state index in [1.165, 1.54) is 4.88 Å². The Balaban J connectivity index is 1.94. The van der Waals surface area contributed by atoms with E-state index < -0.39 is 0 Å². The summed E-state index contributed by atoms with van der Waals surface area (Å²) in [7, 11) is 0. The van der Waals surface area contributed by atoms with Gasteiger partial charge in [-0.1, -0.05) is 0 Å². The molecule has 0 radical (unpaired) electrons. The Labute approximate surface area is 99.0 Å². The van der Waals surface area contributed by atoms with Gasteiger partial charge in [0, 0.05) is 23.7 Å². The number of rotatable bonds is 4. The average molecular weight is 231 g/mol. The van der Waals surface area contributed by atoms with Gasteiger partial charge in [0.25, 0.3) is 0 Å². The fraction of sp³-hybridized carbons (Fsp3) is 0.231. The van der Waals surface area contributed by atoms with Crippen LogP contribution in [0.3, 0.4) is 0 Å². The van der Waals surface area contributed by atoms with Crippen LogP contribution in [0, 0.1) is 6.92 Å². The van der Waals surface area contributed by atoms with Crippen LogP contribution < -0.4 is 0 Å². The van der Waals surface area contributed by atoms with Crippen molar-refractivity contribution in [1.82, 2.24) is 4.98 Å². The molecule has 0 fully saturated rings. The molecule has 2 rings (SSSR count). The van der Waals surface area contributed by atoms with E-state index in [0.717, 1.165) is 16.9 Å². The lowest BCUT2D eigenvalue weighted by Gasteiger charge is -1.98. The molecule has 0 unspecified atom stereocenters. The maximum absolute atomic E-state index is 11.8. The first-order valence-electron chi connectivity index (χ1n) is 5.24. The molecule has 0 aliphatic rings. The minimum absolute atomic E-state index is 0.231. The highest BCUT2D eigenvalue weighted by Crippen LogP contribution is 2.17. The molecule has 0 aliphatic heterocycles. The zero-order valence-corrected chi connectivity index (χ0v) is 9.96. The number of pyridine rings is 1. The normalized spacial score (nSPS) is 10.3. The lowest BCUT2D eigenvalue weighted by Crippen LogP contribution is -1.98. The van der Waals surface area contributed by atoms with Crippen LogP contribution in [0.2, 0.25) is 0 Å². The highest BCUT2D eigenvalue weighted by atomic mass is 32.1. The summed E-state index contributed by atoms with van der Waals surface area (Å²) in [6, 6.07) is 7.80. The van der Waals surface area contributed by atoms with Crippen molar-refractivity contribution in [3.05, 3.63) is 52.0 Å². The standard InChI is InChI=1S/C13H13NOS/c1-10-2-5-13(16-10)12(15)4-3-11-6-8-14-9-7-11/h2,5-9H,3-4H2,1H3. The summed E-state index contributed by atoms with van der Waals surface area (Å²) in [5.74, 6) is 0.231. The van der Waals surface area contributed by atoms with Crippen LogP contribution in [0.5, 0.6) is 0 Å². The monoisotopic (exact) mass is 231 g/mol. The highest BCUT2D eigenvalue weighted by Gasteiger charge is 2.07. The molecule has 0 saturated carbocycles. The Morgan fingerprint density at radius 2 is 2.00 bits per heavy atom. The first-order valence-corrected chi connectivity index (χ1v) is 6.06. The number of carbonyl (C=O) groups is 1. The first-order chi connectivity index (χ1) is 7.75. The number of aryl methyl sites for hydroxylation is 2. The predicted octanol–water partition coefficient (Wildman–Crippen LogP) is 3.27. The number of nitrogens with zero attached hydrogens (tertiary/aromatic N) is 1. The van der Waals surface area contributed by atoms with Crippen molar-refractivity contribution in [3.8, 4) is 0 Å². The van der Waals surface area contributed by atoms with Crippen molar-refractivity contribution in [3.63, 3.8) is 0 Å². The van der Waals surface area contributed by atoms with Gasteiger partial charge in [0.15, 0.2) is 5.78 Å². The lowest BCUT2D eigenvalue weighted by atomic mass is 10.1. The quantitative estimate of drug-likeness (QED) is 0.756. The van der Waals surface area contributed by atoms with Crippen molar-refractivity contribution in [2.45, 2.75) is 19.8 Å². The molecule has 2 aromatic rings. The van der Waals surface area contributed by atoms with Crippen molar-refractivity contribution < 1.29 is 4.79 Å². The van der Waals surface area contributed by atoms with Gasteiger partial charge in [-0.25, -0.2) is 0 Å². The maximum Gasteiger partial charge on any atom is 0.173 e. The summed E-state index contributed by atoms with van der Waals surface area (Å²) in [5.41, 5.74) is 1.16. The molecule has 0 spiro atoms. The van der Waals surface area contributed by atoms with Crippen molar-refractivity contribution >= 4 is 17.1 Å². The molecule has 16 heavy (non-hydrogen) atoms. The molecule has 0 bridgehead atoms. The number of thiophene rings is 1. The van der Waals surface area contributed by atoms with E-state index in [-0.39, 0.29) is 5.78 Å². The van der Waals surface area contributed by atoms with Gasteiger partial charge in [0.1, 0.15) is 0 Å². The smallest absolute Gasteiger partial charge is 0.173 e. The van der Waals surface area contributed by atoms with Gasteiger partial charge in [-0.15, -0.1) is 11.3 Å².